The number of ether oxygens (including phenoxy) is 1. The predicted molar refractivity (Wildman–Crippen MR) is 135 cm³/mol. The van der Waals surface area contributed by atoms with Crippen LogP contribution in [0.5, 0.6) is 5.75 Å². The molecule has 0 aliphatic carbocycles. The quantitative estimate of drug-likeness (QED) is 0.478. The van der Waals surface area contributed by atoms with Gasteiger partial charge in [0.05, 0.1) is 19.1 Å². The topological polar surface area (TPSA) is 96.0 Å². The van der Waals surface area contributed by atoms with Crippen LogP contribution >= 0.6 is 23.2 Å². The molecule has 0 saturated heterocycles. The van der Waals surface area contributed by atoms with E-state index in [1.807, 2.05) is 0 Å². The van der Waals surface area contributed by atoms with Crippen molar-refractivity contribution in [3.63, 3.8) is 0 Å². The summed E-state index contributed by atoms with van der Waals surface area (Å²) < 4.78 is 31.3. The molecule has 0 radical (unpaired) electrons. The first-order valence-electron chi connectivity index (χ1n) is 10.6. The van der Waals surface area contributed by atoms with Gasteiger partial charge in [-0.25, -0.2) is 8.42 Å². The minimum Gasteiger partial charge on any atom is -0.497 e. The number of likely N-dealkylation sites (N-methyl/N-ethyl adjacent to an activating group) is 1. The van der Waals surface area contributed by atoms with E-state index in [2.05, 4.69) is 5.32 Å². The van der Waals surface area contributed by atoms with Crippen LogP contribution in [0.1, 0.15) is 25.8 Å². The molecule has 0 fully saturated rings. The van der Waals surface area contributed by atoms with Crippen molar-refractivity contribution in [1.29, 1.82) is 0 Å². The highest BCUT2D eigenvalue weighted by atomic mass is 35.5. The molecular weight excluding hydrogens is 501 g/mol. The zero-order chi connectivity index (χ0) is 25.5. The summed E-state index contributed by atoms with van der Waals surface area (Å²) in [6, 6.07) is 10.6. The third-order valence-electron chi connectivity index (χ3n) is 5.06. The Bertz CT molecular complexity index is 1090. The lowest BCUT2D eigenvalue weighted by Crippen LogP contribution is -2.52. The fourth-order valence-corrected chi connectivity index (χ4v) is 4.78. The first-order valence-corrected chi connectivity index (χ1v) is 13.2. The number of benzene rings is 2. The lowest BCUT2D eigenvalue weighted by atomic mass is 10.1. The first kappa shape index (κ1) is 27.8. The Morgan fingerprint density at radius 1 is 1.06 bits per heavy atom. The second-order valence-electron chi connectivity index (χ2n) is 7.59. The van der Waals surface area contributed by atoms with Crippen LogP contribution in [-0.2, 0) is 26.2 Å². The molecule has 2 amide bonds. The summed E-state index contributed by atoms with van der Waals surface area (Å²) >= 11 is 12.1. The van der Waals surface area contributed by atoms with Crippen LogP contribution < -0.4 is 14.4 Å². The van der Waals surface area contributed by atoms with Gasteiger partial charge in [0, 0.05) is 23.1 Å². The van der Waals surface area contributed by atoms with Crippen molar-refractivity contribution in [3.8, 4) is 5.75 Å². The van der Waals surface area contributed by atoms with Crippen molar-refractivity contribution < 1.29 is 22.7 Å². The smallest absolute Gasteiger partial charge is 0.244 e. The molecule has 0 aliphatic rings. The Morgan fingerprint density at radius 2 is 1.65 bits per heavy atom. The van der Waals surface area contributed by atoms with Gasteiger partial charge in [0.2, 0.25) is 21.8 Å². The lowest BCUT2D eigenvalue weighted by molar-refractivity contribution is -0.140. The van der Waals surface area contributed by atoms with Gasteiger partial charge in [0.25, 0.3) is 0 Å². The van der Waals surface area contributed by atoms with E-state index in [0.29, 0.717) is 18.7 Å². The summed E-state index contributed by atoms with van der Waals surface area (Å²) in [5.74, 6) is -0.211. The van der Waals surface area contributed by atoms with Crippen molar-refractivity contribution in [3.05, 3.63) is 58.1 Å². The number of sulfonamides is 1. The number of nitrogens with zero attached hydrogens (tertiary/aromatic N) is 2. The standard InChI is InChI=1S/C23H29Cl2N3O5S/c1-5-21(23(30)26-6-2)27(14-16-7-9-20(33-3)10-8-16)22(29)15-28(34(4,31)32)19-12-17(24)11-18(25)13-19/h7-13,21H,5-6,14-15H2,1-4H3,(H,26,30)/t21-/m1/s1. The van der Waals surface area contributed by atoms with Gasteiger partial charge < -0.3 is 15.0 Å². The molecule has 0 aromatic heterocycles. The Morgan fingerprint density at radius 3 is 2.12 bits per heavy atom. The zero-order valence-electron chi connectivity index (χ0n) is 19.5. The molecule has 0 saturated carbocycles. The van der Waals surface area contributed by atoms with Gasteiger partial charge in [-0.1, -0.05) is 42.3 Å². The normalized spacial score (nSPS) is 12.1. The highest BCUT2D eigenvalue weighted by Gasteiger charge is 2.31. The van der Waals surface area contributed by atoms with Gasteiger partial charge in [0.15, 0.2) is 0 Å². The third kappa shape index (κ3) is 7.51. The van der Waals surface area contributed by atoms with Crippen molar-refractivity contribution in [1.82, 2.24) is 10.2 Å². The number of nitrogens with one attached hydrogen (secondary N) is 1. The van der Waals surface area contributed by atoms with Gasteiger partial charge >= 0.3 is 0 Å². The number of anilines is 1. The third-order valence-corrected chi connectivity index (χ3v) is 6.64. The van der Waals surface area contributed by atoms with E-state index in [-0.39, 0.29) is 28.2 Å². The van der Waals surface area contributed by atoms with Crippen molar-refractivity contribution in [2.75, 3.05) is 30.8 Å². The van der Waals surface area contributed by atoms with Crippen LogP contribution in [0.3, 0.4) is 0 Å². The summed E-state index contributed by atoms with van der Waals surface area (Å²) in [7, 11) is -2.32. The number of halogens is 2. The summed E-state index contributed by atoms with van der Waals surface area (Å²) in [5, 5.41) is 3.20. The number of amides is 2. The van der Waals surface area contributed by atoms with E-state index < -0.39 is 28.5 Å². The Labute approximate surface area is 210 Å². The molecule has 186 valence electrons. The molecule has 0 aliphatic heterocycles. The van der Waals surface area contributed by atoms with Crippen LogP contribution in [0.15, 0.2) is 42.5 Å². The maximum atomic E-state index is 13.5. The number of carbonyl (C=O) groups excluding carboxylic acids is 2. The average molecular weight is 530 g/mol. The summed E-state index contributed by atoms with van der Waals surface area (Å²) in [4.78, 5) is 27.7. The van der Waals surface area contributed by atoms with E-state index >= 15 is 0 Å². The van der Waals surface area contributed by atoms with Crippen molar-refractivity contribution >= 4 is 50.7 Å². The minimum absolute atomic E-state index is 0.104. The van der Waals surface area contributed by atoms with E-state index in [1.54, 1.807) is 45.2 Å². The molecule has 2 rings (SSSR count). The molecule has 0 heterocycles. The second kappa shape index (κ2) is 12.3. The highest BCUT2D eigenvalue weighted by molar-refractivity contribution is 7.92. The molecule has 0 spiro atoms. The SMILES string of the molecule is CCNC(=O)[C@@H](CC)N(Cc1ccc(OC)cc1)C(=O)CN(c1cc(Cl)cc(Cl)c1)S(C)(=O)=O. The van der Waals surface area contributed by atoms with Crippen LogP contribution in [-0.4, -0.2) is 57.6 Å². The van der Waals surface area contributed by atoms with E-state index in [4.69, 9.17) is 27.9 Å². The predicted octanol–water partition coefficient (Wildman–Crippen LogP) is 3.71. The minimum atomic E-state index is -3.87. The molecule has 1 atom stereocenters. The van der Waals surface area contributed by atoms with Crippen molar-refractivity contribution in [2.24, 2.45) is 0 Å². The molecule has 8 nitrogen and oxygen atoms in total. The van der Waals surface area contributed by atoms with E-state index in [9.17, 15) is 18.0 Å². The summed E-state index contributed by atoms with van der Waals surface area (Å²) in [6.45, 7) is 3.55. The maximum absolute atomic E-state index is 13.5. The summed E-state index contributed by atoms with van der Waals surface area (Å²) in [5.41, 5.74) is 0.914. The van der Waals surface area contributed by atoms with Gasteiger partial charge in [-0.15, -0.1) is 0 Å². The fraction of sp³-hybridized carbons (Fsp3) is 0.391. The Balaban J connectivity index is 2.45. The van der Waals surface area contributed by atoms with Gasteiger partial charge in [-0.2, -0.15) is 0 Å². The fourth-order valence-electron chi connectivity index (χ4n) is 3.44. The molecule has 1 N–H and O–H groups in total. The Kier molecular flexibility index (Phi) is 10.0. The highest BCUT2D eigenvalue weighted by Crippen LogP contribution is 2.27. The van der Waals surface area contributed by atoms with Gasteiger partial charge in [-0.05, 0) is 49.2 Å². The van der Waals surface area contributed by atoms with Crippen LogP contribution in [0.4, 0.5) is 5.69 Å². The summed E-state index contributed by atoms with van der Waals surface area (Å²) in [6.07, 6.45) is 1.33. The Hall–Kier alpha value is -2.49. The maximum Gasteiger partial charge on any atom is 0.244 e. The van der Waals surface area contributed by atoms with E-state index in [0.717, 1.165) is 16.1 Å². The van der Waals surface area contributed by atoms with Crippen LogP contribution in [0.2, 0.25) is 10.0 Å². The number of methoxy groups -OCH3 is 1. The molecular formula is C23H29Cl2N3O5S. The monoisotopic (exact) mass is 529 g/mol. The molecule has 11 heteroatoms. The van der Waals surface area contributed by atoms with Gasteiger partial charge in [0.1, 0.15) is 18.3 Å². The van der Waals surface area contributed by atoms with Gasteiger partial charge in [-0.3, -0.25) is 13.9 Å². The average Bonchev–Trinajstić information content (AvgIpc) is 2.76. The largest absolute Gasteiger partial charge is 0.497 e. The molecule has 0 unspecified atom stereocenters. The molecule has 2 aromatic rings. The zero-order valence-corrected chi connectivity index (χ0v) is 21.9. The number of hydrogen-bond acceptors (Lipinski definition) is 5. The van der Waals surface area contributed by atoms with Crippen LogP contribution in [0, 0.1) is 0 Å². The molecule has 34 heavy (non-hydrogen) atoms. The second-order valence-corrected chi connectivity index (χ2v) is 10.4. The lowest BCUT2D eigenvalue weighted by Gasteiger charge is -2.32. The number of carbonyl (C=O) groups is 2. The number of hydrogen-bond donors (Lipinski definition) is 1. The molecule has 0 bridgehead atoms. The molecule has 2 aromatic carbocycles. The van der Waals surface area contributed by atoms with Crippen molar-refractivity contribution in [2.45, 2.75) is 32.9 Å². The number of rotatable bonds is 11. The van der Waals surface area contributed by atoms with E-state index in [1.165, 1.54) is 23.1 Å². The first-order chi connectivity index (χ1) is 16.0. The van der Waals surface area contributed by atoms with Crippen LogP contribution in [0.25, 0.3) is 0 Å².